The van der Waals surface area contributed by atoms with Gasteiger partial charge in [0.25, 0.3) is 5.91 Å². The predicted octanol–water partition coefficient (Wildman–Crippen LogP) is 4.33. The van der Waals surface area contributed by atoms with Crippen molar-refractivity contribution >= 4 is 33.2 Å². The van der Waals surface area contributed by atoms with Crippen molar-refractivity contribution in [1.29, 1.82) is 0 Å². The van der Waals surface area contributed by atoms with Gasteiger partial charge in [-0.1, -0.05) is 53.6 Å². The molecular weight excluding hydrogens is 420 g/mol. The minimum atomic E-state index is -3.74. The maximum atomic E-state index is 13.0. The molecule has 7 heteroatoms. The van der Waals surface area contributed by atoms with Gasteiger partial charge in [0, 0.05) is 24.3 Å². The van der Waals surface area contributed by atoms with E-state index < -0.39 is 10.0 Å². The Hall–Kier alpha value is -2.67. The number of benzene rings is 3. The van der Waals surface area contributed by atoms with E-state index in [0.29, 0.717) is 12.1 Å². The molecule has 1 amide bonds. The number of anilines is 1. The average molecular weight is 441 g/mol. The Balaban J connectivity index is 1.55. The Bertz CT molecular complexity index is 1220. The second kappa shape index (κ2) is 8.22. The second-order valence-corrected chi connectivity index (χ2v) is 9.44. The molecular formula is C23H21ClN2O3S. The van der Waals surface area contributed by atoms with Crippen LogP contribution in [0.25, 0.3) is 0 Å². The molecule has 0 atom stereocenters. The van der Waals surface area contributed by atoms with Gasteiger partial charge in [0.2, 0.25) is 10.0 Å². The molecule has 30 heavy (non-hydrogen) atoms. The highest BCUT2D eigenvalue weighted by Crippen LogP contribution is 2.31. The molecule has 154 valence electrons. The fourth-order valence-corrected chi connectivity index (χ4v) is 5.13. The standard InChI is InChI=1S/C23H21ClN2O3S/c1-16-5-4-6-19(13-16)23(27)26-12-11-18-10-9-17(14-21(18)26)15-25-30(28,29)22-8-3-2-7-20(22)24/h2-10,13-14,25H,11-12,15H2,1H3. The molecule has 5 nitrogen and oxygen atoms in total. The van der Waals surface area contributed by atoms with Crippen molar-refractivity contribution in [2.75, 3.05) is 11.4 Å². The molecule has 0 fully saturated rings. The van der Waals surface area contributed by atoms with E-state index in [9.17, 15) is 13.2 Å². The van der Waals surface area contributed by atoms with Crippen molar-refractivity contribution < 1.29 is 13.2 Å². The van der Waals surface area contributed by atoms with E-state index in [0.717, 1.165) is 28.8 Å². The number of nitrogens with one attached hydrogen (secondary N) is 1. The number of rotatable bonds is 5. The zero-order valence-electron chi connectivity index (χ0n) is 16.4. The van der Waals surface area contributed by atoms with Crippen LogP contribution in [0.3, 0.4) is 0 Å². The number of carbonyl (C=O) groups excluding carboxylic acids is 1. The lowest BCUT2D eigenvalue weighted by Crippen LogP contribution is -2.29. The summed E-state index contributed by atoms with van der Waals surface area (Å²) in [6, 6.07) is 19.6. The van der Waals surface area contributed by atoms with Crippen LogP contribution in [-0.2, 0) is 23.0 Å². The van der Waals surface area contributed by atoms with Gasteiger partial charge in [0.05, 0.1) is 5.02 Å². The molecule has 0 bridgehead atoms. The molecule has 0 aromatic heterocycles. The van der Waals surface area contributed by atoms with Crippen LogP contribution < -0.4 is 9.62 Å². The van der Waals surface area contributed by atoms with Gasteiger partial charge in [-0.25, -0.2) is 13.1 Å². The number of carbonyl (C=O) groups is 1. The van der Waals surface area contributed by atoms with E-state index >= 15 is 0 Å². The molecule has 1 aliphatic rings. The normalized spacial score (nSPS) is 13.3. The lowest BCUT2D eigenvalue weighted by Gasteiger charge is -2.18. The molecule has 1 aliphatic heterocycles. The monoisotopic (exact) mass is 440 g/mol. The number of hydrogen-bond acceptors (Lipinski definition) is 3. The molecule has 1 N–H and O–H groups in total. The largest absolute Gasteiger partial charge is 0.308 e. The van der Waals surface area contributed by atoms with Crippen LogP contribution in [0.5, 0.6) is 0 Å². The summed E-state index contributed by atoms with van der Waals surface area (Å²) in [6.45, 7) is 2.67. The van der Waals surface area contributed by atoms with Crippen LogP contribution in [0, 0.1) is 6.92 Å². The van der Waals surface area contributed by atoms with E-state index in [2.05, 4.69) is 4.72 Å². The van der Waals surface area contributed by atoms with Crippen molar-refractivity contribution in [2.45, 2.75) is 24.8 Å². The number of hydrogen-bond donors (Lipinski definition) is 1. The molecule has 0 aliphatic carbocycles. The van der Waals surface area contributed by atoms with Gasteiger partial charge >= 0.3 is 0 Å². The number of fused-ring (bicyclic) bond motifs is 1. The Morgan fingerprint density at radius 1 is 1.07 bits per heavy atom. The van der Waals surface area contributed by atoms with Crippen LogP contribution in [0.1, 0.15) is 27.0 Å². The summed E-state index contributed by atoms with van der Waals surface area (Å²) in [4.78, 5) is 14.8. The summed E-state index contributed by atoms with van der Waals surface area (Å²) in [5.41, 5.74) is 4.36. The second-order valence-electron chi connectivity index (χ2n) is 7.29. The summed E-state index contributed by atoms with van der Waals surface area (Å²) in [6.07, 6.45) is 0.776. The molecule has 3 aromatic rings. The summed E-state index contributed by atoms with van der Waals surface area (Å²) in [5, 5.41) is 0.175. The topological polar surface area (TPSA) is 66.5 Å². The van der Waals surface area contributed by atoms with Gasteiger partial charge in [0.1, 0.15) is 4.90 Å². The molecule has 0 spiro atoms. The molecule has 1 heterocycles. The van der Waals surface area contributed by atoms with Crippen LogP contribution in [0.4, 0.5) is 5.69 Å². The van der Waals surface area contributed by atoms with E-state index in [-0.39, 0.29) is 22.4 Å². The first-order chi connectivity index (χ1) is 14.3. The van der Waals surface area contributed by atoms with Crippen LogP contribution in [-0.4, -0.2) is 20.9 Å². The number of aryl methyl sites for hydroxylation is 1. The van der Waals surface area contributed by atoms with E-state index in [4.69, 9.17) is 11.6 Å². The van der Waals surface area contributed by atoms with Crippen LogP contribution in [0.15, 0.2) is 71.6 Å². The Kier molecular flexibility index (Phi) is 5.64. The molecule has 0 saturated heterocycles. The number of nitrogens with zero attached hydrogens (tertiary/aromatic N) is 1. The van der Waals surface area contributed by atoms with E-state index in [1.54, 1.807) is 23.1 Å². The number of sulfonamides is 1. The number of halogens is 1. The first-order valence-corrected chi connectivity index (χ1v) is 11.5. The molecule has 4 rings (SSSR count). The SMILES string of the molecule is Cc1cccc(C(=O)N2CCc3ccc(CNS(=O)(=O)c4ccccc4Cl)cc32)c1. The lowest BCUT2D eigenvalue weighted by atomic mass is 10.1. The Labute approximate surface area is 181 Å². The van der Waals surface area contributed by atoms with Gasteiger partial charge in [-0.05, 0) is 54.8 Å². The third-order valence-electron chi connectivity index (χ3n) is 5.15. The van der Waals surface area contributed by atoms with Gasteiger partial charge in [-0.3, -0.25) is 4.79 Å². The quantitative estimate of drug-likeness (QED) is 0.642. The fraction of sp³-hybridized carbons (Fsp3) is 0.174. The number of amides is 1. The smallest absolute Gasteiger partial charge is 0.258 e. The summed E-state index contributed by atoms with van der Waals surface area (Å²) in [5.74, 6) is -0.0498. The van der Waals surface area contributed by atoms with Crippen LogP contribution in [0.2, 0.25) is 5.02 Å². The first-order valence-electron chi connectivity index (χ1n) is 9.60. The third-order valence-corrected chi connectivity index (χ3v) is 7.05. The highest BCUT2D eigenvalue weighted by molar-refractivity contribution is 7.89. The summed E-state index contributed by atoms with van der Waals surface area (Å²) < 4.78 is 27.8. The minimum Gasteiger partial charge on any atom is -0.308 e. The van der Waals surface area contributed by atoms with Gasteiger partial charge < -0.3 is 4.90 Å². The molecule has 0 radical (unpaired) electrons. The zero-order chi connectivity index (χ0) is 21.3. The van der Waals surface area contributed by atoms with Gasteiger partial charge in [0.15, 0.2) is 0 Å². The lowest BCUT2D eigenvalue weighted by molar-refractivity contribution is 0.0989. The summed E-state index contributed by atoms with van der Waals surface area (Å²) in [7, 11) is -3.74. The van der Waals surface area contributed by atoms with Crippen molar-refractivity contribution in [1.82, 2.24) is 4.72 Å². The van der Waals surface area contributed by atoms with Crippen molar-refractivity contribution in [3.63, 3.8) is 0 Å². The van der Waals surface area contributed by atoms with Crippen molar-refractivity contribution in [2.24, 2.45) is 0 Å². The van der Waals surface area contributed by atoms with Gasteiger partial charge in [-0.2, -0.15) is 0 Å². The Morgan fingerprint density at radius 2 is 1.87 bits per heavy atom. The third kappa shape index (κ3) is 4.12. The fourth-order valence-electron chi connectivity index (χ4n) is 3.60. The Morgan fingerprint density at radius 3 is 2.63 bits per heavy atom. The van der Waals surface area contributed by atoms with Crippen molar-refractivity contribution in [3.05, 3.63) is 94.0 Å². The highest BCUT2D eigenvalue weighted by Gasteiger charge is 2.26. The minimum absolute atomic E-state index is 0.0454. The predicted molar refractivity (Wildman–Crippen MR) is 118 cm³/mol. The zero-order valence-corrected chi connectivity index (χ0v) is 18.0. The average Bonchev–Trinajstić information content (AvgIpc) is 3.15. The summed E-state index contributed by atoms with van der Waals surface area (Å²) >= 11 is 6.03. The molecule has 3 aromatic carbocycles. The highest BCUT2D eigenvalue weighted by atomic mass is 35.5. The maximum Gasteiger partial charge on any atom is 0.258 e. The molecule has 0 saturated carbocycles. The van der Waals surface area contributed by atoms with Crippen molar-refractivity contribution in [3.8, 4) is 0 Å². The van der Waals surface area contributed by atoms with E-state index in [1.807, 2.05) is 49.4 Å². The maximum absolute atomic E-state index is 13.0. The molecule has 0 unspecified atom stereocenters. The van der Waals surface area contributed by atoms with Gasteiger partial charge in [-0.15, -0.1) is 0 Å². The van der Waals surface area contributed by atoms with E-state index in [1.165, 1.54) is 6.07 Å². The first kappa shape index (κ1) is 20.6. The van der Waals surface area contributed by atoms with Crippen LogP contribution >= 0.6 is 11.6 Å².